The lowest BCUT2D eigenvalue weighted by atomic mass is 10.1. The number of carboxylic acids is 1. The van der Waals surface area contributed by atoms with Gasteiger partial charge in [-0.15, -0.1) is 0 Å². The second kappa shape index (κ2) is 7.04. The molecule has 2 atom stereocenters. The van der Waals surface area contributed by atoms with Crippen molar-refractivity contribution in [1.29, 1.82) is 0 Å². The standard InChI is InChI=1S/C16H21NO7/c1-8(2)24-16(21)12-14(22-4)13(18)10(15(19)20)7-17(12)11-5-6-23-9(11)3/h7-9,11H,5-6H2,1-4H3,(H,19,20)/t9?,11-/m1/s1. The van der Waals surface area contributed by atoms with Crippen LogP contribution in [-0.2, 0) is 9.47 Å². The maximum absolute atomic E-state index is 12.5. The third-order valence-corrected chi connectivity index (χ3v) is 3.86. The van der Waals surface area contributed by atoms with E-state index in [1.165, 1.54) is 17.9 Å². The number of esters is 1. The van der Waals surface area contributed by atoms with Gasteiger partial charge in [0.25, 0.3) is 0 Å². The lowest BCUT2D eigenvalue weighted by Crippen LogP contribution is -2.30. The number of pyridine rings is 1. The molecule has 24 heavy (non-hydrogen) atoms. The molecule has 2 rings (SSSR count). The quantitative estimate of drug-likeness (QED) is 0.810. The van der Waals surface area contributed by atoms with Gasteiger partial charge in [-0.25, -0.2) is 9.59 Å². The van der Waals surface area contributed by atoms with Crippen LogP contribution in [0.5, 0.6) is 5.75 Å². The number of methoxy groups -OCH3 is 1. The van der Waals surface area contributed by atoms with Crippen LogP contribution in [0.4, 0.5) is 0 Å². The van der Waals surface area contributed by atoms with Crippen LogP contribution in [0.25, 0.3) is 0 Å². The zero-order valence-corrected chi connectivity index (χ0v) is 14.1. The number of carbonyl (C=O) groups is 2. The van der Waals surface area contributed by atoms with Crippen molar-refractivity contribution in [2.75, 3.05) is 13.7 Å². The van der Waals surface area contributed by atoms with Gasteiger partial charge in [-0.2, -0.15) is 0 Å². The van der Waals surface area contributed by atoms with E-state index in [9.17, 15) is 19.5 Å². The molecule has 0 aromatic carbocycles. The predicted octanol–water partition coefficient (Wildman–Crippen LogP) is 1.47. The second-order valence-corrected chi connectivity index (χ2v) is 5.85. The van der Waals surface area contributed by atoms with E-state index >= 15 is 0 Å². The van der Waals surface area contributed by atoms with Crippen molar-refractivity contribution >= 4 is 11.9 Å². The Bertz CT molecular complexity index is 707. The molecule has 0 saturated carbocycles. The Hall–Kier alpha value is -2.35. The van der Waals surface area contributed by atoms with Gasteiger partial charge in [0.15, 0.2) is 11.4 Å². The minimum absolute atomic E-state index is 0.0939. The van der Waals surface area contributed by atoms with Crippen molar-refractivity contribution in [3.8, 4) is 5.75 Å². The van der Waals surface area contributed by atoms with Crippen LogP contribution in [0.3, 0.4) is 0 Å². The van der Waals surface area contributed by atoms with Crippen molar-refractivity contribution in [2.24, 2.45) is 0 Å². The van der Waals surface area contributed by atoms with E-state index < -0.39 is 29.0 Å². The Morgan fingerprint density at radius 1 is 1.42 bits per heavy atom. The Morgan fingerprint density at radius 2 is 2.08 bits per heavy atom. The fourth-order valence-electron chi connectivity index (χ4n) is 2.77. The molecule has 1 aromatic heterocycles. The first-order chi connectivity index (χ1) is 11.3. The van der Waals surface area contributed by atoms with Crippen LogP contribution in [0.2, 0.25) is 0 Å². The van der Waals surface area contributed by atoms with Crippen molar-refractivity contribution < 1.29 is 28.9 Å². The maximum Gasteiger partial charge on any atom is 0.359 e. The lowest BCUT2D eigenvalue weighted by Gasteiger charge is -2.24. The molecule has 0 bridgehead atoms. The van der Waals surface area contributed by atoms with Crippen molar-refractivity contribution in [2.45, 2.75) is 45.4 Å². The first-order valence-corrected chi connectivity index (χ1v) is 7.66. The number of rotatable bonds is 5. The lowest BCUT2D eigenvalue weighted by molar-refractivity contribution is 0.0350. The fraction of sp³-hybridized carbons (Fsp3) is 0.562. The molecule has 1 aliphatic rings. The molecule has 132 valence electrons. The predicted molar refractivity (Wildman–Crippen MR) is 83.8 cm³/mol. The van der Waals surface area contributed by atoms with Gasteiger partial charge >= 0.3 is 11.9 Å². The minimum Gasteiger partial charge on any atom is -0.491 e. The molecule has 1 saturated heterocycles. The van der Waals surface area contributed by atoms with Crippen LogP contribution in [0.1, 0.15) is 54.1 Å². The largest absolute Gasteiger partial charge is 0.491 e. The number of carboxylic acid groups (broad SMARTS) is 1. The topological polar surface area (TPSA) is 104 Å². The Balaban J connectivity index is 2.73. The van der Waals surface area contributed by atoms with Crippen molar-refractivity contribution in [1.82, 2.24) is 4.57 Å². The molecule has 8 heteroatoms. The minimum atomic E-state index is -1.39. The van der Waals surface area contributed by atoms with Gasteiger partial charge in [0.05, 0.1) is 25.4 Å². The monoisotopic (exact) mass is 339 g/mol. The Kier molecular flexibility index (Phi) is 5.28. The first kappa shape index (κ1) is 18.0. The number of nitrogens with zero attached hydrogens (tertiary/aromatic N) is 1. The third kappa shape index (κ3) is 3.28. The molecule has 0 radical (unpaired) electrons. The molecule has 1 fully saturated rings. The molecule has 1 aromatic rings. The molecule has 1 unspecified atom stereocenters. The molecule has 1 aliphatic heterocycles. The molecule has 0 spiro atoms. The van der Waals surface area contributed by atoms with E-state index in [1.807, 2.05) is 6.92 Å². The van der Waals surface area contributed by atoms with E-state index in [-0.39, 0.29) is 23.6 Å². The summed E-state index contributed by atoms with van der Waals surface area (Å²) >= 11 is 0. The van der Waals surface area contributed by atoms with Gasteiger partial charge in [-0.05, 0) is 27.2 Å². The Morgan fingerprint density at radius 3 is 2.54 bits per heavy atom. The van der Waals surface area contributed by atoms with Crippen LogP contribution < -0.4 is 10.2 Å². The summed E-state index contributed by atoms with van der Waals surface area (Å²) in [5.41, 5.74) is -1.42. The number of carbonyl (C=O) groups excluding carboxylic acids is 1. The normalized spacial score (nSPS) is 20.2. The molecule has 8 nitrogen and oxygen atoms in total. The summed E-state index contributed by atoms with van der Waals surface area (Å²) in [6, 6.07) is -0.299. The van der Waals surface area contributed by atoms with E-state index in [2.05, 4.69) is 0 Å². The highest BCUT2D eigenvalue weighted by Crippen LogP contribution is 2.30. The first-order valence-electron chi connectivity index (χ1n) is 7.66. The summed E-state index contributed by atoms with van der Waals surface area (Å²) < 4.78 is 17.2. The molecule has 2 heterocycles. The zero-order valence-electron chi connectivity index (χ0n) is 14.1. The summed E-state index contributed by atoms with van der Waals surface area (Å²) in [4.78, 5) is 36.2. The smallest absolute Gasteiger partial charge is 0.359 e. The molecular formula is C16H21NO7. The Labute approximate surface area is 138 Å². The summed E-state index contributed by atoms with van der Waals surface area (Å²) in [5.74, 6) is -2.46. The van der Waals surface area contributed by atoms with Crippen LogP contribution >= 0.6 is 0 Å². The third-order valence-electron chi connectivity index (χ3n) is 3.86. The average molecular weight is 339 g/mol. The highest BCUT2D eigenvalue weighted by atomic mass is 16.5. The summed E-state index contributed by atoms with van der Waals surface area (Å²) in [7, 11) is 1.22. The molecule has 0 aliphatic carbocycles. The average Bonchev–Trinajstić information content (AvgIpc) is 2.91. The van der Waals surface area contributed by atoms with Gasteiger partial charge < -0.3 is 23.9 Å². The number of hydrogen-bond donors (Lipinski definition) is 1. The molecule has 0 amide bonds. The highest BCUT2D eigenvalue weighted by molar-refractivity contribution is 5.93. The van der Waals surface area contributed by atoms with Crippen LogP contribution in [-0.4, -0.2) is 47.5 Å². The van der Waals surface area contributed by atoms with Crippen molar-refractivity contribution in [3.63, 3.8) is 0 Å². The maximum atomic E-state index is 12.5. The van der Waals surface area contributed by atoms with Gasteiger partial charge in [0, 0.05) is 12.8 Å². The molecule has 1 N–H and O–H groups in total. The van der Waals surface area contributed by atoms with E-state index in [1.54, 1.807) is 13.8 Å². The second-order valence-electron chi connectivity index (χ2n) is 5.85. The van der Waals surface area contributed by atoms with E-state index in [4.69, 9.17) is 14.2 Å². The number of hydrogen-bond acceptors (Lipinski definition) is 6. The number of aromatic carboxylic acids is 1. The SMILES string of the molecule is COc1c(C(=O)OC(C)C)n([C@@H]2CCOC2C)cc(C(=O)O)c1=O. The van der Waals surface area contributed by atoms with E-state index in [0.717, 1.165) is 0 Å². The summed E-state index contributed by atoms with van der Waals surface area (Å²) in [6.45, 7) is 5.65. The fourth-order valence-corrected chi connectivity index (χ4v) is 2.77. The van der Waals surface area contributed by atoms with Gasteiger partial charge in [0.1, 0.15) is 5.56 Å². The van der Waals surface area contributed by atoms with Gasteiger partial charge in [-0.3, -0.25) is 4.79 Å². The van der Waals surface area contributed by atoms with Crippen LogP contribution in [0, 0.1) is 0 Å². The number of ether oxygens (including phenoxy) is 3. The highest BCUT2D eigenvalue weighted by Gasteiger charge is 2.33. The van der Waals surface area contributed by atoms with Crippen molar-refractivity contribution in [3.05, 3.63) is 27.7 Å². The van der Waals surface area contributed by atoms with Gasteiger partial charge in [-0.1, -0.05) is 0 Å². The van der Waals surface area contributed by atoms with Crippen LogP contribution in [0.15, 0.2) is 11.0 Å². The molecular weight excluding hydrogens is 318 g/mol. The number of aromatic nitrogens is 1. The summed E-state index contributed by atoms with van der Waals surface area (Å²) in [5, 5.41) is 9.28. The summed E-state index contributed by atoms with van der Waals surface area (Å²) in [6.07, 6.45) is 1.10. The van der Waals surface area contributed by atoms with E-state index in [0.29, 0.717) is 13.0 Å². The van der Waals surface area contributed by atoms with Gasteiger partial charge in [0.2, 0.25) is 5.43 Å². The zero-order chi connectivity index (χ0) is 18.0.